The summed E-state index contributed by atoms with van der Waals surface area (Å²) in [5.41, 5.74) is -0.0706. The third-order valence-electron chi connectivity index (χ3n) is 2.35. The van der Waals surface area contributed by atoms with Gasteiger partial charge in [0.15, 0.2) is 0 Å². The average Bonchev–Trinajstić information content (AvgIpc) is 2.42. The van der Waals surface area contributed by atoms with Crippen molar-refractivity contribution in [1.29, 1.82) is 0 Å². The molecule has 0 saturated carbocycles. The summed E-state index contributed by atoms with van der Waals surface area (Å²) in [5, 5.41) is 5.35. The molecule has 0 radical (unpaired) electrons. The summed E-state index contributed by atoms with van der Waals surface area (Å²) in [5.74, 6) is -0.885. The van der Waals surface area contributed by atoms with Crippen molar-refractivity contribution in [2.75, 3.05) is 17.7 Å². The lowest BCUT2D eigenvalue weighted by atomic mass is 10.3. The summed E-state index contributed by atoms with van der Waals surface area (Å²) in [7, 11) is 1.63. The lowest BCUT2D eigenvalue weighted by Crippen LogP contribution is -2.12. The molecular weight excluding hydrogens is 280 g/mol. The standard InChI is InChI=1S/C13H15F2N5O/c1-7(2)21-13-19-11(16-3)18-12(20-13)17-10-6-8(14)4-5-9(10)15/h4-7H,1-3H3,(H2,16,17,18,19,20). The summed E-state index contributed by atoms with van der Waals surface area (Å²) in [4.78, 5) is 12.0. The second kappa shape index (κ2) is 6.29. The topological polar surface area (TPSA) is 72.0 Å². The van der Waals surface area contributed by atoms with Gasteiger partial charge in [-0.05, 0) is 26.0 Å². The zero-order chi connectivity index (χ0) is 15.4. The zero-order valence-electron chi connectivity index (χ0n) is 11.8. The molecule has 0 fully saturated rings. The molecule has 8 heteroatoms. The van der Waals surface area contributed by atoms with Crippen molar-refractivity contribution in [1.82, 2.24) is 15.0 Å². The number of aromatic nitrogens is 3. The first kappa shape index (κ1) is 14.9. The molecule has 0 bridgehead atoms. The number of nitrogens with one attached hydrogen (secondary N) is 2. The minimum absolute atomic E-state index is 0.0505. The van der Waals surface area contributed by atoms with Gasteiger partial charge in [-0.25, -0.2) is 8.78 Å². The first-order valence-electron chi connectivity index (χ1n) is 6.30. The van der Waals surface area contributed by atoms with Crippen LogP contribution < -0.4 is 15.4 Å². The lowest BCUT2D eigenvalue weighted by molar-refractivity contribution is 0.222. The van der Waals surface area contributed by atoms with Crippen LogP contribution in [0.25, 0.3) is 0 Å². The number of ether oxygens (including phenoxy) is 1. The Balaban J connectivity index is 2.32. The molecule has 2 aromatic rings. The van der Waals surface area contributed by atoms with Crippen LogP contribution >= 0.6 is 0 Å². The maximum Gasteiger partial charge on any atom is 0.323 e. The Bertz CT molecular complexity index is 636. The molecule has 0 aliphatic heterocycles. The van der Waals surface area contributed by atoms with E-state index in [4.69, 9.17) is 4.74 Å². The highest BCUT2D eigenvalue weighted by atomic mass is 19.1. The molecule has 21 heavy (non-hydrogen) atoms. The fraction of sp³-hybridized carbons (Fsp3) is 0.308. The Labute approximate surface area is 120 Å². The van der Waals surface area contributed by atoms with Gasteiger partial charge in [0, 0.05) is 13.1 Å². The third-order valence-corrected chi connectivity index (χ3v) is 2.35. The van der Waals surface area contributed by atoms with Crippen LogP contribution in [0.5, 0.6) is 6.01 Å². The molecule has 1 aromatic carbocycles. The monoisotopic (exact) mass is 295 g/mol. The van der Waals surface area contributed by atoms with E-state index in [1.807, 2.05) is 13.8 Å². The lowest BCUT2D eigenvalue weighted by Gasteiger charge is -2.11. The zero-order valence-corrected chi connectivity index (χ0v) is 11.8. The molecule has 0 saturated heterocycles. The highest BCUT2D eigenvalue weighted by molar-refractivity contribution is 5.55. The number of halogens is 2. The van der Waals surface area contributed by atoms with Gasteiger partial charge in [0.2, 0.25) is 11.9 Å². The van der Waals surface area contributed by atoms with Crippen LogP contribution in [0.1, 0.15) is 13.8 Å². The van der Waals surface area contributed by atoms with Gasteiger partial charge >= 0.3 is 6.01 Å². The van der Waals surface area contributed by atoms with E-state index in [0.29, 0.717) is 0 Å². The van der Waals surface area contributed by atoms with Crippen LogP contribution in [0.15, 0.2) is 18.2 Å². The van der Waals surface area contributed by atoms with Gasteiger partial charge in [0.05, 0.1) is 11.8 Å². The Hall–Kier alpha value is -2.51. The molecule has 112 valence electrons. The molecule has 2 N–H and O–H groups in total. The number of rotatable bonds is 5. The largest absolute Gasteiger partial charge is 0.461 e. The van der Waals surface area contributed by atoms with E-state index in [0.717, 1.165) is 18.2 Å². The first-order chi connectivity index (χ1) is 9.97. The van der Waals surface area contributed by atoms with Gasteiger partial charge in [-0.2, -0.15) is 15.0 Å². The Morgan fingerprint density at radius 1 is 1.10 bits per heavy atom. The molecule has 1 aromatic heterocycles. The molecular formula is C13H15F2N5O. The predicted octanol–water partition coefficient (Wildman–Crippen LogP) is 2.72. The van der Waals surface area contributed by atoms with E-state index in [1.165, 1.54) is 0 Å². The van der Waals surface area contributed by atoms with Crippen molar-refractivity contribution < 1.29 is 13.5 Å². The fourth-order valence-corrected chi connectivity index (χ4v) is 1.50. The molecule has 0 amide bonds. The van der Waals surface area contributed by atoms with E-state index in [2.05, 4.69) is 25.6 Å². The smallest absolute Gasteiger partial charge is 0.323 e. The SMILES string of the molecule is CNc1nc(Nc2cc(F)ccc2F)nc(OC(C)C)n1. The summed E-state index contributed by atoms with van der Waals surface area (Å²) in [6.07, 6.45) is -0.129. The molecule has 0 aliphatic carbocycles. The maximum atomic E-state index is 13.6. The van der Waals surface area contributed by atoms with Gasteiger partial charge in [-0.1, -0.05) is 0 Å². The molecule has 6 nitrogen and oxygen atoms in total. The second-order valence-corrected chi connectivity index (χ2v) is 4.43. The Morgan fingerprint density at radius 2 is 1.81 bits per heavy atom. The molecule has 0 aliphatic rings. The quantitative estimate of drug-likeness (QED) is 0.883. The summed E-state index contributed by atoms with van der Waals surface area (Å²) < 4.78 is 32.1. The van der Waals surface area contributed by atoms with Crippen LogP contribution in [0.2, 0.25) is 0 Å². The second-order valence-electron chi connectivity index (χ2n) is 4.43. The van der Waals surface area contributed by atoms with Crippen LogP contribution in [0, 0.1) is 11.6 Å². The molecule has 1 heterocycles. The predicted molar refractivity (Wildman–Crippen MR) is 74.8 cm³/mol. The summed E-state index contributed by atoms with van der Waals surface area (Å²) in [6, 6.07) is 3.15. The average molecular weight is 295 g/mol. The van der Waals surface area contributed by atoms with Crippen molar-refractivity contribution in [2.24, 2.45) is 0 Å². The maximum absolute atomic E-state index is 13.6. The summed E-state index contributed by atoms with van der Waals surface area (Å²) >= 11 is 0. The highest BCUT2D eigenvalue weighted by Gasteiger charge is 2.11. The Kier molecular flexibility index (Phi) is 4.46. The van der Waals surface area contributed by atoms with Crippen LogP contribution in [0.4, 0.5) is 26.4 Å². The highest BCUT2D eigenvalue weighted by Crippen LogP contribution is 2.20. The Morgan fingerprint density at radius 3 is 2.48 bits per heavy atom. The fourth-order valence-electron chi connectivity index (χ4n) is 1.50. The van der Waals surface area contributed by atoms with Gasteiger partial charge in [0.1, 0.15) is 11.6 Å². The van der Waals surface area contributed by atoms with Gasteiger partial charge in [0.25, 0.3) is 0 Å². The van der Waals surface area contributed by atoms with Gasteiger partial charge < -0.3 is 15.4 Å². The van der Waals surface area contributed by atoms with Crippen LogP contribution in [0.3, 0.4) is 0 Å². The molecule has 0 unspecified atom stereocenters. The van der Waals surface area contributed by atoms with E-state index in [9.17, 15) is 8.78 Å². The van der Waals surface area contributed by atoms with Crippen molar-refractivity contribution in [3.05, 3.63) is 29.8 Å². The number of nitrogens with zero attached hydrogens (tertiary/aromatic N) is 3. The first-order valence-corrected chi connectivity index (χ1v) is 6.30. The van der Waals surface area contributed by atoms with E-state index < -0.39 is 11.6 Å². The van der Waals surface area contributed by atoms with Crippen molar-refractivity contribution in [3.63, 3.8) is 0 Å². The van der Waals surface area contributed by atoms with E-state index in [1.54, 1.807) is 7.05 Å². The van der Waals surface area contributed by atoms with Crippen LogP contribution in [-0.2, 0) is 0 Å². The minimum atomic E-state index is -0.617. The summed E-state index contributed by atoms with van der Waals surface area (Å²) in [6.45, 7) is 3.64. The van der Waals surface area contributed by atoms with Crippen molar-refractivity contribution in [2.45, 2.75) is 20.0 Å². The molecule has 2 rings (SSSR count). The van der Waals surface area contributed by atoms with Gasteiger partial charge in [-0.15, -0.1) is 0 Å². The molecule has 0 spiro atoms. The van der Waals surface area contributed by atoms with Crippen LogP contribution in [-0.4, -0.2) is 28.1 Å². The van der Waals surface area contributed by atoms with E-state index in [-0.39, 0.29) is 29.7 Å². The third kappa shape index (κ3) is 3.98. The normalized spacial score (nSPS) is 10.6. The van der Waals surface area contributed by atoms with Crippen molar-refractivity contribution >= 4 is 17.6 Å². The number of anilines is 3. The van der Waals surface area contributed by atoms with Gasteiger partial charge in [-0.3, -0.25) is 0 Å². The van der Waals surface area contributed by atoms with Crippen molar-refractivity contribution in [3.8, 4) is 6.01 Å². The van der Waals surface area contributed by atoms with E-state index >= 15 is 0 Å². The number of hydrogen-bond acceptors (Lipinski definition) is 6. The number of benzene rings is 1. The molecule has 0 atom stereocenters. The minimum Gasteiger partial charge on any atom is -0.461 e. The number of hydrogen-bond donors (Lipinski definition) is 2.